The van der Waals surface area contributed by atoms with E-state index >= 15 is 0 Å². The van der Waals surface area contributed by atoms with Gasteiger partial charge in [-0.1, -0.05) is 45.5 Å². The zero-order valence-electron chi connectivity index (χ0n) is 15.8. The summed E-state index contributed by atoms with van der Waals surface area (Å²) in [5.41, 5.74) is 0.556. The molecule has 1 amide bonds. The fourth-order valence-electron chi connectivity index (χ4n) is 2.77. The quantitative estimate of drug-likeness (QED) is 0.711. The maximum Gasteiger partial charge on any atom is 0.247 e. The van der Waals surface area contributed by atoms with Crippen molar-refractivity contribution in [3.05, 3.63) is 10.8 Å². The van der Waals surface area contributed by atoms with Crippen LogP contribution in [-0.4, -0.2) is 32.1 Å². The standard InChI is InChI=1S/C17H25N7OS/c1-6-9(4)12-16(25)21-13-14(20-12)18-10(5)19-15(13)22-17-24-23-11(26-17)7-8(2)3/h8-9,12H,6-7H2,1-5H3,(H,21,25)(H2,18,19,20,22,24). The van der Waals surface area contributed by atoms with Crippen molar-refractivity contribution in [3.63, 3.8) is 0 Å². The normalized spacial score (nSPS) is 17.5. The van der Waals surface area contributed by atoms with Crippen molar-refractivity contribution < 1.29 is 4.79 Å². The highest BCUT2D eigenvalue weighted by molar-refractivity contribution is 7.15. The van der Waals surface area contributed by atoms with E-state index in [4.69, 9.17) is 0 Å². The molecule has 9 heteroatoms. The van der Waals surface area contributed by atoms with Gasteiger partial charge in [0.2, 0.25) is 11.0 Å². The van der Waals surface area contributed by atoms with Gasteiger partial charge in [0.05, 0.1) is 0 Å². The van der Waals surface area contributed by atoms with Gasteiger partial charge in [0.15, 0.2) is 11.6 Å². The monoisotopic (exact) mass is 375 g/mol. The molecule has 8 nitrogen and oxygen atoms in total. The molecule has 1 aliphatic heterocycles. The molecule has 2 atom stereocenters. The molecule has 0 radical (unpaired) electrons. The first-order valence-electron chi connectivity index (χ1n) is 8.92. The van der Waals surface area contributed by atoms with Gasteiger partial charge in [0, 0.05) is 6.42 Å². The summed E-state index contributed by atoms with van der Waals surface area (Å²) in [6.07, 6.45) is 1.79. The van der Waals surface area contributed by atoms with Crippen LogP contribution in [0, 0.1) is 18.8 Å². The topological polar surface area (TPSA) is 105 Å². The van der Waals surface area contributed by atoms with Crippen LogP contribution < -0.4 is 16.0 Å². The van der Waals surface area contributed by atoms with Gasteiger partial charge in [-0.3, -0.25) is 4.79 Å². The molecule has 3 rings (SSSR count). The van der Waals surface area contributed by atoms with E-state index in [0.717, 1.165) is 17.8 Å². The van der Waals surface area contributed by atoms with Crippen LogP contribution in [0.1, 0.15) is 44.9 Å². The summed E-state index contributed by atoms with van der Waals surface area (Å²) in [4.78, 5) is 21.4. The maximum atomic E-state index is 12.5. The maximum absolute atomic E-state index is 12.5. The molecule has 0 bridgehead atoms. The molecule has 2 aromatic rings. The number of carbonyl (C=O) groups is 1. The Balaban J connectivity index is 1.87. The van der Waals surface area contributed by atoms with Crippen LogP contribution in [0.5, 0.6) is 0 Å². The number of carbonyl (C=O) groups excluding carboxylic acids is 1. The largest absolute Gasteiger partial charge is 0.356 e. The van der Waals surface area contributed by atoms with Crippen molar-refractivity contribution in [2.45, 2.75) is 53.5 Å². The number of nitrogens with zero attached hydrogens (tertiary/aromatic N) is 4. The smallest absolute Gasteiger partial charge is 0.247 e. The number of aromatic nitrogens is 4. The third kappa shape index (κ3) is 3.92. The molecule has 0 saturated heterocycles. The van der Waals surface area contributed by atoms with E-state index in [2.05, 4.69) is 56.9 Å². The van der Waals surface area contributed by atoms with Crippen molar-refractivity contribution in [2.24, 2.45) is 11.8 Å². The molecular formula is C17H25N7OS. The summed E-state index contributed by atoms with van der Waals surface area (Å²) < 4.78 is 0. The number of rotatable bonds is 6. The van der Waals surface area contributed by atoms with Gasteiger partial charge in [-0.25, -0.2) is 9.97 Å². The van der Waals surface area contributed by atoms with Crippen LogP contribution in [0.15, 0.2) is 0 Å². The number of fused-ring (bicyclic) bond motifs is 1. The van der Waals surface area contributed by atoms with E-state index in [1.807, 2.05) is 13.8 Å². The summed E-state index contributed by atoms with van der Waals surface area (Å²) in [6.45, 7) is 10.2. The van der Waals surface area contributed by atoms with Crippen LogP contribution in [0.2, 0.25) is 0 Å². The number of anilines is 4. The van der Waals surface area contributed by atoms with Crippen molar-refractivity contribution in [3.8, 4) is 0 Å². The molecule has 1 aliphatic rings. The lowest BCUT2D eigenvalue weighted by Gasteiger charge is -2.30. The van der Waals surface area contributed by atoms with E-state index in [9.17, 15) is 4.79 Å². The fourth-order valence-corrected chi connectivity index (χ4v) is 3.72. The third-order valence-electron chi connectivity index (χ3n) is 4.33. The van der Waals surface area contributed by atoms with Crippen molar-refractivity contribution in [1.82, 2.24) is 20.2 Å². The van der Waals surface area contributed by atoms with Gasteiger partial charge in [-0.2, -0.15) is 0 Å². The first-order valence-corrected chi connectivity index (χ1v) is 9.74. The molecule has 2 unspecified atom stereocenters. The second kappa shape index (κ2) is 7.53. The number of hydrogen-bond acceptors (Lipinski definition) is 8. The molecule has 140 valence electrons. The van der Waals surface area contributed by atoms with E-state index < -0.39 is 0 Å². The molecule has 2 aromatic heterocycles. The summed E-state index contributed by atoms with van der Waals surface area (Å²) in [5.74, 6) is 2.44. The highest BCUT2D eigenvalue weighted by atomic mass is 32.1. The fraction of sp³-hybridized carbons (Fsp3) is 0.588. The van der Waals surface area contributed by atoms with Crippen molar-refractivity contribution >= 4 is 39.7 Å². The summed E-state index contributed by atoms with van der Waals surface area (Å²) in [7, 11) is 0. The molecule has 0 fully saturated rings. The minimum Gasteiger partial charge on any atom is -0.356 e. The predicted molar refractivity (Wildman–Crippen MR) is 104 cm³/mol. The van der Waals surface area contributed by atoms with Gasteiger partial charge in [-0.15, -0.1) is 10.2 Å². The Morgan fingerprint density at radius 1 is 1.23 bits per heavy atom. The Labute approximate surface area is 157 Å². The van der Waals surface area contributed by atoms with E-state index in [1.165, 1.54) is 11.3 Å². The van der Waals surface area contributed by atoms with Crippen molar-refractivity contribution in [2.75, 3.05) is 16.0 Å². The van der Waals surface area contributed by atoms with Crippen LogP contribution in [-0.2, 0) is 11.2 Å². The molecule has 3 heterocycles. The Bertz CT molecular complexity index is 804. The van der Waals surface area contributed by atoms with Gasteiger partial charge >= 0.3 is 0 Å². The highest BCUT2D eigenvalue weighted by Crippen LogP contribution is 2.35. The van der Waals surface area contributed by atoms with E-state index in [0.29, 0.717) is 34.2 Å². The molecule has 0 aromatic carbocycles. The minimum absolute atomic E-state index is 0.0693. The molecular weight excluding hydrogens is 350 g/mol. The van der Waals surface area contributed by atoms with Crippen LogP contribution in [0.25, 0.3) is 0 Å². The first kappa shape index (κ1) is 18.5. The van der Waals surface area contributed by atoms with Gasteiger partial charge < -0.3 is 16.0 Å². The SMILES string of the molecule is CCC(C)C1Nc2nc(C)nc(Nc3nnc(CC(C)C)s3)c2NC1=O. The zero-order chi connectivity index (χ0) is 18.8. The predicted octanol–water partition coefficient (Wildman–Crippen LogP) is 3.36. The Morgan fingerprint density at radius 3 is 2.69 bits per heavy atom. The van der Waals surface area contributed by atoms with Crippen LogP contribution in [0.4, 0.5) is 22.5 Å². The first-order chi connectivity index (χ1) is 12.4. The molecule has 0 spiro atoms. The number of nitrogens with one attached hydrogen (secondary N) is 3. The molecule has 0 aliphatic carbocycles. The van der Waals surface area contributed by atoms with Gasteiger partial charge in [0.25, 0.3) is 0 Å². The van der Waals surface area contributed by atoms with Crippen LogP contribution in [0.3, 0.4) is 0 Å². The minimum atomic E-state index is -0.297. The van der Waals surface area contributed by atoms with Gasteiger partial charge in [0.1, 0.15) is 22.6 Å². The third-order valence-corrected chi connectivity index (χ3v) is 5.19. The second-order valence-electron chi connectivity index (χ2n) is 7.06. The Hall–Kier alpha value is -2.29. The number of amides is 1. The van der Waals surface area contributed by atoms with E-state index in [-0.39, 0.29) is 17.9 Å². The molecule has 26 heavy (non-hydrogen) atoms. The van der Waals surface area contributed by atoms with Crippen LogP contribution >= 0.6 is 11.3 Å². The lowest BCUT2D eigenvalue weighted by atomic mass is 9.97. The Morgan fingerprint density at radius 2 is 2.00 bits per heavy atom. The van der Waals surface area contributed by atoms with Gasteiger partial charge in [-0.05, 0) is 18.8 Å². The highest BCUT2D eigenvalue weighted by Gasteiger charge is 2.32. The van der Waals surface area contributed by atoms with E-state index in [1.54, 1.807) is 0 Å². The lowest BCUT2D eigenvalue weighted by Crippen LogP contribution is -2.43. The van der Waals surface area contributed by atoms with Crippen molar-refractivity contribution in [1.29, 1.82) is 0 Å². The number of hydrogen-bond donors (Lipinski definition) is 3. The second-order valence-corrected chi connectivity index (χ2v) is 8.13. The average molecular weight is 376 g/mol. The molecule has 0 saturated carbocycles. The summed E-state index contributed by atoms with van der Waals surface area (Å²) >= 11 is 1.50. The molecule has 3 N–H and O–H groups in total. The Kier molecular flexibility index (Phi) is 5.36. The summed E-state index contributed by atoms with van der Waals surface area (Å²) in [6, 6.07) is -0.297. The lowest BCUT2D eigenvalue weighted by molar-refractivity contribution is -0.118. The number of aryl methyl sites for hydroxylation is 1. The summed E-state index contributed by atoms with van der Waals surface area (Å²) in [5, 5.41) is 19.4. The average Bonchev–Trinajstić information content (AvgIpc) is 3.00. The zero-order valence-corrected chi connectivity index (χ0v) is 16.6.